The van der Waals surface area contributed by atoms with Crippen LogP contribution in [0.25, 0.3) is 0 Å². The van der Waals surface area contributed by atoms with Gasteiger partial charge in [0.15, 0.2) is 0 Å². The quantitative estimate of drug-likeness (QED) is 0.595. The summed E-state index contributed by atoms with van der Waals surface area (Å²) in [5, 5.41) is 3.30. The summed E-state index contributed by atoms with van der Waals surface area (Å²) in [6, 6.07) is 7.88. The summed E-state index contributed by atoms with van der Waals surface area (Å²) in [5.74, 6) is 7.63. The van der Waals surface area contributed by atoms with Crippen LogP contribution in [-0.2, 0) is 6.42 Å². The van der Waals surface area contributed by atoms with Crippen LogP contribution in [0.2, 0.25) is 0 Å². The molecule has 1 aromatic carbocycles. The number of hydrazine groups is 1. The molecule has 0 radical (unpaired) electrons. The number of benzene rings is 1. The Kier molecular flexibility index (Phi) is 4.34. The van der Waals surface area contributed by atoms with Crippen molar-refractivity contribution in [3.8, 4) is 0 Å². The van der Waals surface area contributed by atoms with Gasteiger partial charge in [-0.2, -0.15) is 0 Å². The third-order valence-corrected chi connectivity index (χ3v) is 3.46. The first-order chi connectivity index (χ1) is 9.15. The number of nitrogens with two attached hydrogens (primary N) is 1. The predicted octanol–water partition coefficient (Wildman–Crippen LogP) is 3.14. The highest BCUT2D eigenvalue weighted by Gasteiger charge is 2.10. The number of rotatable bonds is 4. The van der Waals surface area contributed by atoms with Crippen LogP contribution in [0.1, 0.15) is 18.3 Å². The third kappa shape index (κ3) is 3.02. The smallest absolute Gasteiger partial charge is 0.148 e. The largest absolute Gasteiger partial charge is 0.339 e. The van der Waals surface area contributed by atoms with Crippen molar-refractivity contribution >= 4 is 33.3 Å². The van der Waals surface area contributed by atoms with E-state index in [1.54, 1.807) is 0 Å². The molecule has 0 bridgehead atoms. The Balaban J connectivity index is 2.42. The number of aromatic nitrogens is 2. The number of nitrogens with one attached hydrogen (secondary N) is 2. The second-order valence-electron chi connectivity index (χ2n) is 4.06. The van der Waals surface area contributed by atoms with Crippen LogP contribution < -0.4 is 16.6 Å². The molecule has 1 aromatic heterocycles. The molecule has 1 heterocycles. The number of aryl methyl sites for hydroxylation is 1. The van der Waals surface area contributed by atoms with Gasteiger partial charge in [0.1, 0.15) is 17.5 Å². The molecule has 2 aromatic rings. The van der Waals surface area contributed by atoms with Crippen LogP contribution in [0, 0.1) is 6.92 Å². The number of anilines is 3. The molecule has 19 heavy (non-hydrogen) atoms. The standard InChI is InChI=1S/C13H16BrN5/c1-3-11-17-12(8(2)13(18-11)19-15)16-10-7-5-4-6-9(10)14/h4-7H,3,15H2,1-2H3,(H2,16,17,18,19). The molecule has 0 amide bonds. The first kappa shape index (κ1) is 13.8. The zero-order valence-electron chi connectivity index (χ0n) is 10.9. The van der Waals surface area contributed by atoms with Gasteiger partial charge in [-0.3, -0.25) is 0 Å². The molecule has 0 atom stereocenters. The van der Waals surface area contributed by atoms with Crippen LogP contribution in [-0.4, -0.2) is 9.97 Å². The average Bonchev–Trinajstić information content (AvgIpc) is 2.43. The number of nitrogens with zero attached hydrogens (tertiary/aromatic N) is 2. The summed E-state index contributed by atoms with van der Waals surface area (Å²) in [4.78, 5) is 8.83. The zero-order valence-corrected chi connectivity index (χ0v) is 12.5. The summed E-state index contributed by atoms with van der Waals surface area (Å²) in [6.07, 6.45) is 0.750. The van der Waals surface area contributed by atoms with E-state index >= 15 is 0 Å². The molecular formula is C13H16BrN5. The van der Waals surface area contributed by atoms with Crippen molar-refractivity contribution in [2.75, 3.05) is 10.7 Å². The van der Waals surface area contributed by atoms with Crippen LogP contribution in [0.4, 0.5) is 17.3 Å². The Bertz CT molecular complexity index is 585. The molecule has 4 N–H and O–H groups in total. The normalized spacial score (nSPS) is 10.3. The average molecular weight is 322 g/mol. The van der Waals surface area contributed by atoms with Gasteiger partial charge in [-0.1, -0.05) is 19.1 Å². The molecule has 6 heteroatoms. The Hall–Kier alpha value is -1.66. The van der Waals surface area contributed by atoms with Crippen LogP contribution >= 0.6 is 15.9 Å². The molecule has 5 nitrogen and oxygen atoms in total. The lowest BCUT2D eigenvalue weighted by atomic mass is 10.2. The van der Waals surface area contributed by atoms with Crippen molar-refractivity contribution in [1.82, 2.24) is 9.97 Å². The lowest BCUT2D eigenvalue weighted by Crippen LogP contribution is -2.14. The van der Waals surface area contributed by atoms with Crippen LogP contribution in [0.15, 0.2) is 28.7 Å². The first-order valence-corrected chi connectivity index (χ1v) is 6.80. The molecule has 0 fully saturated rings. The van der Waals surface area contributed by atoms with Gasteiger partial charge in [0.05, 0.1) is 5.69 Å². The molecule has 0 aliphatic carbocycles. The van der Waals surface area contributed by atoms with Gasteiger partial charge in [-0.25, -0.2) is 15.8 Å². The van der Waals surface area contributed by atoms with E-state index in [1.807, 2.05) is 38.1 Å². The zero-order chi connectivity index (χ0) is 13.8. The fourth-order valence-electron chi connectivity index (χ4n) is 1.67. The van der Waals surface area contributed by atoms with Gasteiger partial charge < -0.3 is 10.7 Å². The van der Waals surface area contributed by atoms with Crippen molar-refractivity contribution in [3.05, 3.63) is 40.1 Å². The van der Waals surface area contributed by atoms with Gasteiger partial charge in [0.25, 0.3) is 0 Å². The van der Waals surface area contributed by atoms with Gasteiger partial charge in [0, 0.05) is 16.5 Å². The lowest BCUT2D eigenvalue weighted by Gasteiger charge is -2.14. The van der Waals surface area contributed by atoms with E-state index in [4.69, 9.17) is 5.84 Å². The fraction of sp³-hybridized carbons (Fsp3) is 0.231. The predicted molar refractivity (Wildman–Crippen MR) is 81.4 cm³/mol. The molecule has 0 saturated heterocycles. The van der Waals surface area contributed by atoms with E-state index in [0.29, 0.717) is 5.82 Å². The van der Waals surface area contributed by atoms with E-state index in [0.717, 1.165) is 33.8 Å². The summed E-state index contributed by atoms with van der Waals surface area (Å²) >= 11 is 3.50. The number of nitrogen functional groups attached to an aromatic ring is 1. The van der Waals surface area contributed by atoms with Crippen LogP contribution in [0.5, 0.6) is 0 Å². The molecule has 2 rings (SSSR count). The van der Waals surface area contributed by atoms with E-state index in [9.17, 15) is 0 Å². The third-order valence-electron chi connectivity index (χ3n) is 2.77. The number of halogens is 1. The maximum absolute atomic E-state index is 5.49. The second-order valence-corrected chi connectivity index (χ2v) is 4.92. The molecule has 0 unspecified atom stereocenters. The van der Waals surface area contributed by atoms with Crippen molar-refractivity contribution < 1.29 is 0 Å². The minimum absolute atomic E-state index is 0.640. The maximum atomic E-state index is 5.49. The molecule has 0 spiro atoms. The van der Waals surface area contributed by atoms with Crippen LogP contribution in [0.3, 0.4) is 0 Å². The molecule has 0 saturated carbocycles. The Morgan fingerprint density at radius 2 is 1.89 bits per heavy atom. The van der Waals surface area contributed by atoms with Gasteiger partial charge in [-0.15, -0.1) is 0 Å². The number of para-hydroxylation sites is 1. The molecule has 100 valence electrons. The van der Waals surface area contributed by atoms with Crippen molar-refractivity contribution in [1.29, 1.82) is 0 Å². The van der Waals surface area contributed by atoms with E-state index in [1.165, 1.54) is 0 Å². The molecule has 0 aliphatic rings. The number of hydrogen-bond donors (Lipinski definition) is 3. The Morgan fingerprint density at radius 3 is 2.53 bits per heavy atom. The van der Waals surface area contributed by atoms with E-state index in [-0.39, 0.29) is 0 Å². The number of hydrogen-bond acceptors (Lipinski definition) is 5. The Morgan fingerprint density at radius 1 is 1.21 bits per heavy atom. The first-order valence-electron chi connectivity index (χ1n) is 6.01. The van der Waals surface area contributed by atoms with Gasteiger partial charge in [-0.05, 0) is 35.0 Å². The molecule has 0 aliphatic heterocycles. The van der Waals surface area contributed by atoms with Gasteiger partial charge >= 0.3 is 0 Å². The van der Waals surface area contributed by atoms with Gasteiger partial charge in [0.2, 0.25) is 0 Å². The molecular weight excluding hydrogens is 306 g/mol. The topological polar surface area (TPSA) is 75.9 Å². The van der Waals surface area contributed by atoms with Crippen molar-refractivity contribution in [3.63, 3.8) is 0 Å². The maximum Gasteiger partial charge on any atom is 0.148 e. The van der Waals surface area contributed by atoms with E-state index < -0.39 is 0 Å². The highest BCUT2D eigenvalue weighted by molar-refractivity contribution is 9.10. The minimum atomic E-state index is 0.640. The van der Waals surface area contributed by atoms with Crippen molar-refractivity contribution in [2.45, 2.75) is 20.3 Å². The SMILES string of the molecule is CCc1nc(NN)c(C)c(Nc2ccccc2Br)n1. The minimum Gasteiger partial charge on any atom is -0.339 e. The van der Waals surface area contributed by atoms with Crippen molar-refractivity contribution in [2.24, 2.45) is 5.84 Å². The van der Waals surface area contributed by atoms with E-state index in [2.05, 4.69) is 36.6 Å². The Labute approximate surface area is 120 Å². The highest BCUT2D eigenvalue weighted by atomic mass is 79.9. The lowest BCUT2D eigenvalue weighted by molar-refractivity contribution is 0.932. The summed E-state index contributed by atoms with van der Waals surface area (Å²) < 4.78 is 0.980. The summed E-state index contributed by atoms with van der Waals surface area (Å²) in [7, 11) is 0. The summed E-state index contributed by atoms with van der Waals surface area (Å²) in [6.45, 7) is 3.93. The highest BCUT2D eigenvalue weighted by Crippen LogP contribution is 2.28. The monoisotopic (exact) mass is 321 g/mol. The second kappa shape index (κ2) is 5.99. The summed E-state index contributed by atoms with van der Waals surface area (Å²) in [5.41, 5.74) is 4.45. The fourth-order valence-corrected chi connectivity index (χ4v) is 2.06.